The molecule has 2 N–H and O–H groups in total. The molecule has 11 nitrogen and oxygen atoms in total. The number of hydrogen-bond acceptors (Lipinski definition) is 11. The van der Waals surface area contributed by atoms with Crippen LogP contribution < -0.4 is 15.4 Å². The number of pyridine rings is 1. The Bertz CT molecular complexity index is 1780. The zero-order valence-corrected chi connectivity index (χ0v) is 29.8. The monoisotopic (exact) mass is 711 g/mol. The maximum absolute atomic E-state index is 14.4. The van der Waals surface area contributed by atoms with Crippen LogP contribution in [0.15, 0.2) is 12.1 Å². The first-order chi connectivity index (χ1) is 23.8. The van der Waals surface area contributed by atoms with E-state index in [0.717, 1.165) is 50.2 Å². The van der Waals surface area contributed by atoms with Gasteiger partial charge in [0.25, 0.3) is 0 Å². The first-order valence-corrected chi connectivity index (χ1v) is 18.2. The zero-order valence-electron chi connectivity index (χ0n) is 29.0. The molecule has 1 unspecified atom stereocenters. The van der Waals surface area contributed by atoms with E-state index in [9.17, 15) is 18.0 Å². The molecule has 0 radical (unpaired) electrons. The molecule has 0 spiro atoms. The minimum Gasteiger partial charge on any atom is -0.461 e. The smallest absolute Gasteiger partial charge is 0.418 e. The van der Waals surface area contributed by atoms with Crippen molar-refractivity contribution in [3.63, 3.8) is 0 Å². The number of aryl methyl sites for hydroxylation is 2. The van der Waals surface area contributed by atoms with Crippen LogP contribution in [0, 0.1) is 25.7 Å². The third-order valence-electron chi connectivity index (χ3n) is 10.9. The number of carbonyl (C=O) groups is 1. The summed E-state index contributed by atoms with van der Waals surface area (Å²) in [6, 6.07) is 1.54. The molecule has 15 heteroatoms. The van der Waals surface area contributed by atoms with E-state index in [1.807, 2.05) is 20.9 Å². The molecule has 3 aromatic rings. The van der Waals surface area contributed by atoms with Gasteiger partial charge in [0, 0.05) is 50.2 Å². The lowest BCUT2D eigenvalue weighted by Crippen LogP contribution is -2.53. The summed E-state index contributed by atoms with van der Waals surface area (Å²) in [6.07, 6.45) is 3.82. The van der Waals surface area contributed by atoms with Crippen molar-refractivity contribution in [2.24, 2.45) is 11.8 Å². The largest absolute Gasteiger partial charge is 0.461 e. The number of anilines is 2. The van der Waals surface area contributed by atoms with E-state index in [2.05, 4.69) is 24.1 Å². The lowest BCUT2D eigenvalue weighted by molar-refractivity contribution is -0.139. The van der Waals surface area contributed by atoms with Crippen LogP contribution in [0.4, 0.5) is 24.8 Å². The fourth-order valence-electron chi connectivity index (χ4n) is 8.48. The van der Waals surface area contributed by atoms with Crippen molar-refractivity contribution in [2.45, 2.75) is 76.9 Å². The SMILES string of the molecule is Cc1nsc(/C=C/C(=O)N2CC(CN(C)c3nc(OCC45CCCN4CCC5)nc4c3C[C@@H](C)C(c3nc(N)cc(C)c3C(F)(F)F)C4)C2)n1. The lowest BCUT2D eigenvalue weighted by Gasteiger charge is -2.41. The average Bonchev–Trinajstić information content (AvgIpc) is 3.74. The van der Waals surface area contributed by atoms with E-state index >= 15 is 0 Å². The molecule has 50 heavy (non-hydrogen) atoms. The van der Waals surface area contributed by atoms with Crippen LogP contribution in [0.5, 0.6) is 6.01 Å². The molecule has 1 amide bonds. The number of amides is 1. The summed E-state index contributed by atoms with van der Waals surface area (Å²) in [5.74, 6) is 0.929. The van der Waals surface area contributed by atoms with Gasteiger partial charge in [0.15, 0.2) is 0 Å². The Morgan fingerprint density at radius 1 is 1.14 bits per heavy atom. The van der Waals surface area contributed by atoms with Gasteiger partial charge < -0.3 is 20.3 Å². The Balaban J connectivity index is 1.13. The number of alkyl halides is 3. The first-order valence-electron chi connectivity index (χ1n) is 17.4. The second-order valence-corrected chi connectivity index (χ2v) is 15.4. The number of aromatic nitrogens is 5. The van der Waals surface area contributed by atoms with Crippen LogP contribution in [-0.2, 0) is 23.8 Å². The van der Waals surface area contributed by atoms with Crippen LogP contribution in [-0.4, -0.2) is 91.9 Å². The van der Waals surface area contributed by atoms with Crippen LogP contribution in [0.25, 0.3) is 6.08 Å². The number of nitrogens with two attached hydrogens (primary N) is 1. The van der Waals surface area contributed by atoms with Gasteiger partial charge in [0.1, 0.15) is 29.1 Å². The number of nitrogens with zero attached hydrogens (tertiary/aromatic N) is 8. The minimum absolute atomic E-state index is 0.0156. The fraction of sp³-hybridized carbons (Fsp3) is 0.600. The Hall–Kier alpha value is -3.85. The molecule has 1 aliphatic carbocycles. The number of hydrogen-bond donors (Lipinski definition) is 1. The Labute approximate surface area is 294 Å². The molecular weight excluding hydrogens is 668 g/mol. The molecule has 0 bridgehead atoms. The van der Waals surface area contributed by atoms with Crippen molar-refractivity contribution in [3.8, 4) is 6.01 Å². The molecule has 4 aliphatic rings. The summed E-state index contributed by atoms with van der Waals surface area (Å²) < 4.78 is 53.8. The van der Waals surface area contributed by atoms with Crippen molar-refractivity contribution in [1.82, 2.24) is 34.1 Å². The third-order valence-corrected chi connectivity index (χ3v) is 11.7. The number of rotatable bonds is 9. The molecule has 268 valence electrons. The number of halogens is 3. The average molecular weight is 712 g/mol. The van der Waals surface area contributed by atoms with Crippen molar-refractivity contribution in [1.29, 1.82) is 0 Å². The molecule has 0 saturated carbocycles. The second-order valence-electron chi connectivity index (χ2n) is 14.6. The van der Waals surface area contributed by atoms with Gasteiger partial charge in [-0.15, -0.1) is 0 Å². The van der Waals surface area contributed by atoms with Gasteiger partial charge >= 0.3 is 12.2 Å². The number of likely N-dealkylation sites (tertiary alicyclic amines) is 1. The van der Waals surface area contributed by atoms with Crippen LogP contribution in [0.3, 0.4) is 0 Å². The summed E-state index contributed by atoms with van der Waals surface area (Å²) in [6.45, 7) is 9.68. The van der Waals surface area contributed by atoms with Gasteiger partial charge in [-0.2, -0.15) is 27.5 Å². The van der Waals surface area contributed by atoms with Gasteiger partial charge in [-0.25, -0.2) is 9.97 Å². The Kier molecular flexibility index (Phi) is 9.25. The van der Waals surface area contributed by atoms with Gasteiger partial charge in [-0.3, -0.25) is 9.69 Å². The van der Waals surface area contributed by atoms with E-state index < -0.39 is 17.7 Å². The van der Waals surface area contributed by atoms with Gasteiger partial charge in [0.05, 0.1) is 22.5 Å². The Morgan fingerprint density at radius 2 is 1.88 bits per heavy atom. The number of nitrogen functional groups attached to an aromatic ring is 1. The highest BCUT2D eigenvalue weighted by molar-refractivity contribution is 7.06. The molecule has 3 aliphatic heterocycles. The highest BCUT2D eigenvalue weighted by Crippen LogP contribution is 2.45. The van der Waals surface area contributed by atoms with E-state index in [0.29, 0.717) is 49.2 Å². The molecule has 2 atom stereocenters. The van der Waals surface area contributed by atoms with E-state index in [-0.39, 0.29) is 52.8 Å². The molecule has 7 rings (SSSR count). The number of ether oxygens (including phenoxy) is 1. The second kappa shape index (κ2) is 13.4. The van der Waals surface area contributed by atoms with Crippen LogP contribution in [0.1, 0.15) is 77.4 Å². The van der Waals surface area contributed by atoms with Gasteiger partial charge in [-0.1, -0.05) is 6.92 Å². The summed E-state index contributed by atoms with van der Waals surface area (Å²) >= 11 is 1.25. The minimum atomic E-state index is -4.57. The zero-order chi connectivity index (χ0) is 35.4. The van der Waals surface area contributed by atoms with Crippen molar-refractivity contribution in [3.05, 3.63) is 51.1 Å². The predicted octanol–water partition coefficient (Wildman–Crippen LogP) is 5.07. The quantitative estimate of drug-likeness (QED) is 0.301. The molecule has 6 heterocycles. The fourth-order valence-corrected chi connectivity index (χ4v) is 9.05. The maximum atomic E-state index is 14.4. The predicted molar refractivity (Wildman–Crippen MR) is 185 cm³/mol. The topological polar surface area (TPSA) is 126 Å². The van der Waals surface area contributed by atoms with E-state index in [1.54, 1.807) is 17.1 Å². The summed E-state index contributed by atoms with van der Waals surface area (Å²) in [4.78, 5) is 37.6. The highest BCUT2D eigenvalue weighted by atomic mass is 32.1. The molecule has 3 aromatic heterocycles. The van der Waals surface area contributed by atoms with Crippen molar-refractivity contribution >= 4 is 35.2 Å². The normalized spacial score (nSPS) is 22.1. The van der Waals surface area contributed by atoms with E-state index in [4.69, 9.17) is 20.4 Å². The first kappa shape index (κ1) is 34.6. The third kappa shape index (κ3) is 6.78. The molecule has 3 fully saturated rings. The Morgan fingerprint density at radius 3 is 2.56 bits per heavy atom. The summed E-state index contributed by atoms with van der Waals surface area (Å²) in [5, 5.41) is 0.695. The van der Waals surface area contributed by atoms with Crippen LogP contribution in [0.2, 0.25) is 0 Å². The maximum Gasteiger partial charge on any atom is 0.418 e. The van der Waals surface area contributed by atoms with Crippen molar-refractivity contribution in [2.75, 3.05) is 57.0 Å². The summed E-state index contributed by atoms with van der Waals surface area (Å²) in [5.41, 5.74) is 6.94. The van der Waals surface area contributed by atoms with E-state index in [1.165, 1.54) is 24.5 Å². The highest BCUT2D eigenvalue weighted by Gasteiger charge is 2.46. The molecule has 0 aromatic carbocycles. The standard InChI is InChI=1S/C35H44F3N9O2S/c1-20-13-25-26(15-24(20)31-30(35(36,37)38)21(2)14-27(39)42-31)41-33(49-19-34-9-5-11-47(34)12-6-10-34)43-32(25)45(4)16-23-17-46(18-23)29(48)8-7-28-40-22(3)44-50-28/h7-8,14,20,23-24H,5-6,9-13,15-19H2,1-4H3,(H2,39,42)/b8-7+/t20-,24?/m1/s1. The van der Waals surface area contributed by atoms with Gasteiger partial charge in [-0.05, 0) is 101 Å². The van der Waals surface area contributed by atoms with Crippen LogP contribution >= 0.6 is 11.5 Å². The molecule has 3 saturated heterocycles. The summed E-state index contributed by atoms with van der Waals surface area (Å²) in [7, 11) is 1.98. The van der Waals surface area contributed by atoms with Gasteiger partial charge in [0.2, 0.25) is 5.91 Å². The number of carbonyl (C=O) groups excluding carboxylic acids is 1. The molecular formula is C35H44F3N9O2S. The lowest BCUT2D eigenvalue weighted by atomic mass is 9.75. The number of fused-ring (bicyclic) bond motifs is 2. The van der Waals surface area contributed by atoms with Crippen molar-refractivity contribution < 1.29 is 22.7 Å².